The number of hydrogen-bond donors (Lipinski definition) is 3. The van der Waals surface area contributed by atoms with Crippen LogP contribution < -0.4 is 11.2 Å². The van der Waals surface area contributed by atoms with Gasteiger partial charge in [-0.1, -0.05) is 35.1 Å². The van der Waals surface area contributed by atoms with Crippen molar-refractivity contribution in [2.45, 2.75) is 6.61 Å². The highest BCUT2D eigenvalue weighted by Crippen LogP contribution is 2.11. The molecular formula is C12H10N2O6. The molecule has 0 aliphatic carbocycles. The van der Waals surface area contributed by atoms with Crippen molar-refractivity contribution in [1.82, 2.24) is 9.71 Å². The van der Waals surface area contributed by atoms with Gasteiger partial charge in [0.05, 0.1) is 0 Å². The number of carbonyl (C=O) groups excluding carboxylic acids is 1. The Kier molecular flexibility index (Phi) is 3.56. The summed E-state index contributed by atoms with van der Waals surface area (Å²) in [4.78, 5) is 35.7. The average Bonchev–Trinajstić information content (AvgIpc) is 2.44. The molecule has 104 valence electrons. The fourth-order valence-electron chi connectivity index (χ4n) is 1.50. The third-order valence-corrected chi connectivity index (χ3v) is 2.48. The Bertz CT molecular complexity index is 747. The van der Waals surface area contributed by atoms with Crippen LogP contribution in [0, 0.1) is 0 Å². The Balaban J connectivity index is 2.25. The number of esters is 1. The SMILES string of the molecule is O=C(OCc1ccccc1)c1c(O)n(O)c(=O)[nH]c1=O. The van der Waals surface area contributed by atoms with Crippen molar-refractivity contribution >= 4 is 5.97 Å². The van der Waals surface area contributed by atoms with E-state index in [2.05, 4.69) is 0 Å². The van der Waals surface area contributed by atoms with Crippen LogP contribution in [-0.2, 0) is 11.3 Å². The van der Waals surface area contributed by atoms with Crippen LogP contribution in [0.25, 0.3) is 0 Å². The van der Waals surface area contributed by atoms with E-state index in [1.54, 1.807) is 35.3 Å². The third kappa shape index (κ3) is 2.53. The lowest BCUT2D eigenvalue weighted by atomic mass is 10.2. The predicted molar refractivity (Wildman–Crippen MR) is 65.7 cm³/mol. The van der Waals surface area contributed by atoms with Gasteiger partial charge in [-0.25, -0.2) is 9.59 Å². The van der Waals surface area contributed by atoms with Crippen LogP contribution in [0.2, 0.25) is 0 Å². The predicted octanol–water partition coefficient (Wildman–Crippen LogP) is -0.164. The van der Waals surface area contributed by atoms with Crippen LogP contribution in [0.15, 0.2) is 39.9 Å². The molecule has 0 saturated carbocycles. The minimum atomic E-state index is -1.26. The number of aromatic amines is 1. The van der Waals surface area contributed by atoms with Crippen LogP contribution in [0.5, 0.6) is 5.88 Å². The van der Waals surface area contributed by atoms with Gasteiger partial charge in [-0.3, -0.25) is 9.78 Å². The van der Waals surface area contributed by atoms with Crippen molar-refractivity contribution in [1.29, 1.82) is 0 Å². The first-order valence-electron chi connectivity index (χ1n) is 5.49. The molecule has 0 atom stereocenters. The zero-order valence-corrected chi connectivity index (χ0v) is 10.1. The molecule has 0 aliphatic heterocycles. The molecule has 0 saturated heterocycles. The lowest BCUT2D eigenvalue weighted by molar-refractivity contribution is 0.0453. The zero-order valence-electron chi connectivity index (χ0n) is 10.1. The van der Waals surface area contributed by atoms with E-state index in [1.807, 2.05) is 0 Å². The first-order chi connectivity index (χ1) is 9.50. The van der Waals surface area contributed by atoms with Crippen molar-refractivity contribution in [3.63, 3.8) is 0 Å². The van der Waals surface area contributed by atoms with E-state index in [1.165, 1.54) is 0 Å². The van der Waals surface area contributed by atoms with Crippen molar-refractivity contribution in [2.24, 2.45) is 0 Å². The van der Waals surface area contributed by atoms with Gasteiger partial charge in [-0.05, 0) is 5.56 Å². The van der Waals surface area contributed by atoms with Crippen LogP contribution in [0.4, 0.5) is 0 Å². The number of aromatic hydroxyl groups is 1. The van der Waals surface area contributed by atoms with Crippen molar-refractivity contribution in [3.8, 4) is 5.88 Å². The molecule has 1 aromatic heterocycles. The van der Waals surface area contributed by atoms with E-state index in [0.29, 0.717) is 5.56 Å². The fourth-order valence-corrected chi connectivity index (χ4v) is 1.50. The van der Waals surface area contributed by atoms with Gasteiger partial charge in [-0.15, -0.1) is 0 Å². The molecule has 3 N–H and O–H groups in total. The normalized spacial score (nSPS) is 10.2. The summed E-state index contributed by atoms with van der Waals surface area (Å²) in [6, 6.07) is 8.65. The van der Waals surface area contributed by atoms with Crippen LogP contribution in [-0.4, -0.2) is 26.0 Å². The third-order valence-electron chi connectivity index (χ3n) is 2.48. The average molecular weight is 278 g/mol. The molecule has 8 nitrogen and oxygen atoms in total. The summed E-state index contributed by atoms with van der Waals surface area (Å²) in [7, 11) is 0. The summed E-state index contributed by atoms with van der Waals surface area (Å²) in [6.45, 7) is -0.122. The Morgan fingerprint density at radius 1 is 1.25 bits per heavy atom. The summed E-state index contributed by atoms with van der Waals surface area (Å²) in [6.07, 6.45) is 0. The van der Waals surface area contributed by atoms with E-state index in [9.17, 15) is 19.5 Å². The Hall–Kier alpha value is -3.03. The maximum absolute atomic E-state index is 11.7. The molecule has 0 aliphatic rings. The smallest absolute Gasteiger partial charge is 0.364 e. The molecule has 0 spiro atoms. The van der Waals surface area contributed by atoms with Gasteiger partial charge in [0.25, 0.3) is 11.4 Å². The van der Waals surface area contributed by atoms with E-state index < -0.39 is 28.7 Å². The van der Waals surface area contributed by atoms with Crippen LogP contribution >= 0.6 is 0 Å². The summed E-state index contributed by atoms with van der Waals surface area (Å²) in [5.74, 6) is -2.33. The summed E-state index contributed by atoms with van der Waals surface area (Å²) < 4.78 is 4.58. The number of nitrogens with one attached hydrogen (secondary N) is 1. The lowest BCUT2D eigenvalue weighted by Gasteiger charge is -2.06. The second kappa shape index (κ2) is 5.31. The highest BCUT2D eigenvalue weighted by Gasteiger charge is 2.22. The van der Waals surface area contributed by atoms with Gasteiger partial charge >= 0.3 is 11.7 Å². The fraction of sp³-hybridized carbons (Fsp3) is 0.0833. The van der Waals surface area contributed by atoms with E-state index in [0.717, 1.165) is 0 Å². The van der Waals surface area contributed by atoms with Gasteiger partial charge in [-0.2, -0.15) is 0 Å². The monoisotopic (exact) mass is 278 g/mol. The molecule has 0 amide bonds. The number of ether oxygens (including phenoxy) is 1. The number of nitrogens with zero attached hydrogens (tertiary/aromatic N) is 1. The second-order valence-electron chi connectivity index (χ2n) is 3.83. The van der Waals surface area contributed by atoms with E-state index >= 15 is 0 Å². The van der Waals surface area contributed by atoms with Crippen molar-refractivity contribution in [2.75, 3.05) is 0 Å². The first-order valence-corrected chi connectivity index (χ1v) is 5.49. The Morgan fingerprint density at radius 3 is 2.55 bits per heavy atom. The highest BCUT2D eigenvalue weighted by molar-refractivity contribution is 5.91. The van der Waals surface area contributed by atoms with E-state index in [-0.39, 0.29) is 11.3 Å². The quantitative estimate of drug-likeness (QED) is 0.529. The summed E-state index contributed by atoms with van der Waals surface area (Å²) in [5.41, 5.74) is -2.57. The molecule has 20 heavy (non-hydrogen) atoms. The molecule has 0 bridgehead atoms. The highest BCUT2D eigenvalue weighted by atomic mass is 16.5. The first kappa shape index (κ1) is 13.4. The number of rotatable bonds is 3. The van der Waals surface area contributed by atoms with Crippen LogP contribution in [0.1, 0.15) is 15.9 Å². The molecule has 1 heterocycles. The molecule has 2 aromatic rings. The van der Waals surface area contributed by atoms with Gasteiger partial charge in [0.1, 0.15) is 6.61 Å². The topological polar surface area (TPSA) is 122 Å². The number of benzene rings is 1. The van der Waals surface area contributed by atoms with Gasteiger partial charge in [0.2, 0.25) is 0 Å². The van der Waals surface area contributed by atoms with Gasteiger partial charge in [0.15, 0.2) is 5.56 Å². The van der Waals surface area contributed by atoms with Gasteiger partial charge in [0, 0.05) is 0 Å². The Morgan fingerprint density at radius 2 is 1.90 bits per heavy atom. The standard InChI is InChI=1S/C12H10N2O6/c15-9-8(10(16)14(19)12(18)13-9)11(17)20-6-7-4-2-1-3-5-7/h1-5,16,19H,6H2,(H,13,15,18). The molecular weight excluding hydrogens is 268 g/mol. The number of hydrogen-bond acceptors (Lipinski definition) is 6. The lowest BCUT2D eigenvalue weighted by Crippen LogP contribution is -2.33. The second-order valence-corrected chi connectivity index (χ2v) is 3.83. The Labute approximate surface area is 111 Å². The molecule has 0 unspecified atom stereocenters. The molecule has 2 rings (SSSR count). The molecule has 8 heteroatoms. The molecule has 0 radical (unpaired) electrons. The minimum absolute atomic E-state index is 0.122. The van der Waals surface area contributed by atoms with Gasteiger partial charge < -0.3 is 15.1 Å². The number of carbonyl (C=O) groups is 1. The molecule has 0 fully saturated rings. The summed E-state index contributed by atoms with van der Waals surface area (Å²) in [5, 5.41) is 18.5. The van der Waals surface area contributed by atoms with Crippen LogP contribution in [0.3, 0.4) is 0 Å². The maximum atomic E-state index is 11.7. The zero-order chi connectivity index (χ0) is 14.7. The summed E-state index contributed by atoms with van der Waals surface area (Å²) >= 11 is 0. The van der Waals surface area contributed by atoms with E-state index in [4.69, 9.17) is 9.94 Å². The number of H-pyrrole nitrogens is 1. The molecule has 1 aromatic carbocycles. The minimum Gasteiger partial charge on any atom is -0.492 e. The van der Waals surface area contributed by atoms with Crippen molar-refractivity contribution in [3.05, 3.63) is 62.3 Å². The van der Waals surface area contributed by atoms with Crippen molar-refractivity contribution < 1.29 is 19.8 Å². The largest absolute Gasteiger partial charge is 0.492 e. The number of aromatic nitrogens is 2. The maximum Gasteiger partial charge on any atom is 0.364 e.